The first-order valence-electron chi connectivity index (χ1n) is 2.49. The molecular formula is C4H7N3O2. The third-order valence-corrected chi connectivity index (χ3v) is 0.863. The van der Waals surface area contributed by atoms with E-state index in [0.29, 0.717) is 6.42 Å². The fraction of sp³-hybridized carbons (Fsp3) is 0.750. The van der Waals surface area contributed by atoms with Crippen molar-refractivity contribution in [2.75, 3.05) is 0 Å². The maximum Gasteiger partial charge on any atom is 0.312 e. The first-order chi connectivity index (χ1) is 4.22. The molecule has 0 heterocycles. The van der Waals surface area contributed by atoms with E-state index >= 15 is 0 Å². The molecule has 50 valence electrons. The molecule has 0 saturated carbocycles. The summed E-state index contributed by atoms with van der Waals surface area (Å²) in [5, 5.41) is 11.3. The highest BCUT2D eigenvalue weighted by Gasteiger charge is 2.10. The van der Waals surface area contributed by atoms with Crippen LogP contribution in [0.5, 0.6) is 0 Å². The van der Waals surface area contributed by atoms with Crippen molar-refractivity contribution in [3.05, 3.63) is 10.4 Å². The van der Waals surface area contributed by atoms with Crippen LogP contribution in [0.15, 0.2) is 5.11 Å². The Kier molecular flexibility index (Phi) is 3.23. The lowest BCUT2D eigenvalue weighted by Gasteiger charge is -1.97. The van der Waals surface area contributed by atoms with E-state index < -0.39 is 12.0 Å². The van der Waals surface area contributed by atoms with Crippen molar-refractivity contribution in [1.29, 1.82) is 0 Å². The van der Waals surface area contributed by atoms with Crippen LogP contribution in [-0.4, -0.2) is 17.1 Å². The summed E-state index contributed by atoms with van der Waals surface area (Å²) in [5.41, 5.74) is 7.81. The van der Waals surface area contributed by atoms with Gasteiger partial charge < -0.3 is 5.11 Å². The second-order valence-corrected chi connectivity index (χ2v) is 1.47. The van der Waals surface area contributed by atoms with Gasteiger partial charge in [0, 0.05) is 4.91 Å². The van der Waals surface area contributed by atoms with E-state index in [9.17, 15) is 4.79 Å². The van der Waals surface area contributed by atoms with Crippen LogP contribution in [0.25, 0.3) is 10.4 Å². The summed E-state index contributed by atoms with van der Waals surface area (Å²) >= 11 is 0. The quantitative estimate of drug-likeness (QED) is 0.352. The van der Waals surface area contributed by atoms with Crippen LogP contribution in [0.1, 0.15) is 13.3 Å². The maximum atomic E-state index is 10.1. The number of carbonyl (C=O) groups is 1. The van der Waals surface area contributed by atoms with Crippen molar-refractivity contribution < 1.29 is 9.90 Å². The van der Waals surface area contributed by atoms with Gasteiger partial charge >= 0.3 is 5.97 Å². The van der Waals surface area contributed by atoms with Gasteiger partial charge in [0.15, 0.2) is 0 Å². The van der Waals surface area contributed by atoms with Crippen molar-refractivity contribution in [3.63, 3.8) is 0 Å². The zero-order valence-electron chi connectivity index (χ0n) is 4.98. The van der Waals surface area contributed by atoms with Crippen molar-refractivity contribution in [2.45, 2.75) is 19.4 Å². The van der Waals surface area contributed by atoms with Gasteiger partial charge in [-0.3, -0.25) is 4.79 Å². The molecule has 1 atom stereocenters. The second-order valence-electron chi connectivity index (χ2n) is 1.47. The number of carboxylic acid groups (broad SMARTS) is 1. The molecule has 0 amide bonds. The lowest BCUT2D eigenvalue weighted by atomic mass is 10.2. The molecular weight excluding hydrogens is 122 g/mol. The van der Waals surface area contributed by atoms with Crippen molar-refractivity contribution >= 4 is 5.97 Å². The minimum atomic E-state index is -1.07. The monoisotopic (exact) mass is 129 g/mol. The number of azide groups is 1. The number of hydrogen-bond acceptors (Lipinski definition) is 2. The fourth-order valence-corrected chi connectivity index (χ4v) is 0.368. The topological polar surface area (TPSA) is 86.1 Å². The Bertz CT molecular complexity index is 148. The molecule has 0 aromatic rings. The molecule has 0 rings (SSSR count). The Morgan fingerprint density at radius 2 is 2.56 bits per heavy atom. The Morgan fingerprint density at radius 3 is 2.67 bits per heavy atom. The van der Waals surface area contributed by atoms with Crippen LogP contribution in [0, 0.1) is 0 Å². The Hall–Kier alpha value is -1.22. The predicted molar refractivity (Wildman–Crippen MR) is 30.9 cm³/mol. The van der Waals surface area contributed by atoms with E-state index in [2.05, 4.69) is 10.0 Å². The third-order valence-electron chi connectivity index (χ3n) is 0.863. The highest BCUT2D eigenvalue weighted by Crippen LogP contribution is 1.96. The minimum Gasteiger partial charge on any atom is -0.481 e. The number of carboxylic acids is 1. The Morgan fingerprint density at radius 1 is 2.00 bits per heavy atom. The molecule has 0 aromatic heterocycles. The number of rotatable bonds is 3. The second kappa shape index (κ2) is 3.74. The molecule has 0 fully saturated rings. The van der Waals surface area contributed by atoms with Gasteiger partial charge in [0.05, 0.1) is 0 Å². The fourth-order valence-electron chi connectivity index (χ4n) is 0.368. The largest absolute Gasteiger partial charge is 0.481 e. The smallest absolute Gasteiger partial charge is 0.312 e. The molecule has 9 heavy (non-hydrogen) atoms. The summed E-state index contributed by atoms with van der Waals surface area (Å²) in [4.78, 5) is 12.4. The van der Waals surface area contributed by atoms with Crippen LogP contribution in [0.4, 0.5) is 0 Å². The average molecular weight is 129 g/mol. The van der Waals surface area contributed by atoms with E-state index in [1.807, 2.05) is 0 Å². The summed E-state index contributed by atoms with van der Waals surface area (Å²) in [5.74, 6) is -1.07. The molecule has 0 bridgehead atoms. The van der Waals surface area contributed by atoms with Gasteiger partial charge in [-0.2, -0.15) is 0 Å². The van der Waals surface area contributed by atoms with Crippen molar-refractivity contribution in [2.24, 2.45) is 5.11 Å². The Labute approximate surface area is 51.9 Å². The molecule has 5 heteroatoms. The summed E-state index contributed by atoms with van der Waals surface area (Å²) in [7, 11) is 0. The highest BCUT2D eigenvalue weighted by molar-refractivity contribution is 5.73. The third kappa shape index (κ3) is 2.56. The van der Waals surface area contributed by atoms with Gasteiger partial charge in [-0.25, -0.2) is 0 Å². The van der Waals surface area contributed by atoms with Crippen LogP contribution in [0.3, 0.4) is 0 Å². The van der Waals surface area contributed by atoms with Gasteiger partial charge in [0.25, 0.3) is 0 Å². The first-order valence-corrected chi connectivity index (χ1v) is 2.49. The molecule has 0 aliphatic rings. The summed E-state index contributed by atoms with van der Waals surface area (Å²) in [6.07, 6.45) is 0.333. The summed E-state index contributed by atoms with van der Waals surface area (Å²) in [6, 6.07) is -0.907. The van der Waals surface area contributed by atoms with Crippen molar-refractivity contribution in [3.8, 4) is 0 Å². The maximum absolute atomic E-state index is 10.1. The van der Waals surface area contributed by atoms with Gasteiger partial charge in [-0.1, -0.05) is 12.0 Å². The standard InChI is InChI=1S/C4H7N3O2/c1-2-3(4(8)9)6-7-5/h3H,2H2,1H3,(H,8,9)/t3-/m1/s1. The number of nitrogens with zero attached hydrogens (tertiary/aromatic N) is 3. The SMILES string of the molecule is CC[C@@H](N=[N+]=[N-])C(=O)O. The molecule has 0 saturated heterocycles. The zero-order chi connectivity index (χ0) is 7.28. The predicted octanol–water partition coefficient (Wildman–Crippen LogP) is 1.16. The van der Waals surface area contributed by atoms with Crippen LogP contribution in [0.2, 0.25) is 0 Å². The molecule has 1 N–H and O–H groups in total. The number of hydrogen-bond donors (Lipinski definition) is 1. The lowest BCUT2D eigenvalue weighted by molar-refractivity contribution is -0.138. The van der Waals surface area contributed by atoms with Crippen LogP contribution < -0.4 is 0 Å². The molecule has 0 unspecified atom stereocenters. The summed E-state index contributed by atoms with van der Waals surface area (Å²) in [6.45, 7) is 1.65. The van der Waals surface area contributed by atoms with E-state index in [1.165, 1.54) is 0 Å². The summed E-state index contributed by atoms with van der Waals surface area (Å²) < 4.78 is 0. The van der Waals surface area contributed by atoms with E-state index in [4.69, 9.17) is 10.6 Å². The van der Waals surface area contributed by atoms with Crippen molar-refractivity contribution in [1.82, 2.24) is 0 Å². The molecule has 0 aromatic carbocycles. The molecule has 0 radical (unpaired) electrons. The molecule has 0 aliphatic carbocycles. The van der Waals surface area contributed by atoms with E-state index in [0.717, 1.165) is 0 Å². The van der Waals surface area contributed by atoms with Gasteiger partial charge in [0.2, 0.25) is 0 Å². The zero-order valence-corrected chi connectivity index (χ0v) is 4.98. The average Bonchev–Trinajstić information content (AvgIpc) is 1.82. The Balaban J connectivity index is 3.98. The minimum absolute atomic E-state index is 0.333. The number of aliphatic carboxylic acids is 1. The lowest BCUT2D eigenvalue weighted by Crippen LogP contribution is -2.15. The highest BCUT2D eigenvalue weighted by atomic mass is 16.4. The van der Waals surface area contributed by atoms with E-state index in [-0.39, 0.29) is 0 Å². The molecule has 0 spiro atoms. The van der Waals surface area contributed by atoms with E-state index in [1.54, 1.807) is 6.92 Å². The van der Waals surface area contributed by atoms with Gasteiger partial charge in [-0.15, -0.1) is 0 Å². The van der Waals surface area contributed by atoms with Crippen LogP contribution >= 0.6 is 0 Å². The van der Waals surface area contributed by atoms with Gasteiger partial charge in [-0.05, 0) is 12.0 Å². The van der Waals surface area contributed by atoms with Gasteiger partial charge in [0.1, 0.15) is 6.04 Å². The molecule has 5 nitrogen and oxygen atoms in total. The molecule has 0 aliphatic heterocycles. The first kappa shape index (κ1) is 7.78. The van der Waals surface area contributed by atoms with Crippen LogP contribution in [-0.2, 0) is 4.79 Å². The normalized spacial score (nSPS) is 11.7.